The van der Waals surface area contributed by atoms with Gasteiger partial charge in [0, 0.05) is 26.1 Å². The number of anilines is 2. The molecule has 1 N–H and O–H groups in total. The monoisotopic (exact) mass is 489 g/mol. The maximum atomic E-state index is 13.4. The molecule has 4 rings (SSSR count). The van der Waals surface area contributed by atoms with Crippen molar-refractivity contribution in [3.05, 3.63) is 65.9 Å². The molecule has 2 heterocycles. The quantitative estimate of drug-likeness (QED) is 0.521. The first-order valence-electron chi connectivity index (χ1n) is 12.1. The Bertz CT molecular complexity index is 1270. The number of carbonyl (C=O) groups is 3. The van der Waals surface area contributed by atoms with Gasteiger partial charge < -0.3 is 19.9 Å². The van der Waals surface area contributed by atoms with Crippen LogP contribution >= 0.6 is 0 Å². The van der Waals surface area contributed by atoms with Gasteiger partial charge in [-0.2, -0.15) is 5.10 Å². The molecule has 0 radical (unpaired) electrons. The van der Waals surface area contributed by atoms with E-state index in [0.717, 1.165) is 5.56 Å². The number of hydrogen-bond donors (Lipinski definition) is 1. The molecule has 1 unspecified atom stereocenters. The van der Waals surface area contributed by atoms with E-state index in [9.17, 15) is 14.4 Å². The Morgan fingerprint density at radius 2 is 1.86 bits per heavy atom. The van der Waals surface area contributed by atoms with Gasteiger partial charge in [0.1, 0.15) is 17.1 Å². The van der Waals surface area contributed by atoms with Crippen molar-refractivity contribution in [2.75, 3.05) is 37.0 Å². The van der Waals surface area contributed by atoms with E-state index in [1.54, 1.807) is 21.6 Å². The first-order chi connectivity index (χ1) is 17.4. The van der Waals surface area contributed by atoms with Crippen LogP contribution in [0.25, 0.3) is 5.69 Å². The average molecular weight is 490 g/mol. The fourth-order valence-electron chi connectivity index (χ4n) is 4.42. The van der Waals surface area contributed by atoms with E-state index in [0.29, 0.717) is 41.6 Å². The van der Waals surface area contributed by atoms with Crippen LogP contribution in [0.1, 0.15) is 36.2 Å². The highest BCUT2D eigenvalue weighted by Gasteiger charge is 2.37. The first-order valence-corrected chi connectivity index (χ1v) is 12.1. The van der Waals surface area contributed by atoms with Crippen LogP contribution in [0.4, 0.5) is 11.5 Å². The third kappa shape index (κ3) is 4.82. The fraction of sp³-hybridized carbons (Fsp3) is 0.333. The molecule has 3 aromatic rings. The molecule has 1 saturated heterocycles. The average Bonchev–Trinajstić information content (AvgIpc) is 3.48. The Balaban J connectivity index is 1.63. The molecule has 2 aromatic carbocycles. The Morgan fingerprint density at radius 3 is 2.53 bits per heavy atom. The molecule has 9 heteroatoms. The SMILES string of the molecule is CCN(CC)C(=O)c1cnn(-c2ccccc2)c1NC(=O)C1CC(=O)N(c2cc(C)ccc2OC)C1. The summed E-state index contributed by atoms with van der Waals surface area (Å²) in [5.41, 5.74) is 2.64. The van der Waals surface area contributed by atoms with Gasteiger partial charge in [-0.1, -0.05) is 24.3 Å². The Hall–Kier alpha value is -4.14. The lowest BCUT2D eigenvalue weighted by Gasteiger charge is -2.21. The lowest BCUT2D eigenvalue weighted by molar-refractivity contribution is -0.122. The molecule has 1 aliphatic heterocycles. The summed E-state index contributed by atoms with van der Waals surface area (Å²) in [5.74, 6) is -0.449. The van der Waals surface area contributed by atoms with Gasteiger partial charge in [-0.15, -0.1) is 0 Å². The van der Waals surface area contributed by atoms with Gasteiger partial charge in [0.15, 0.2) is 0 Å². The second-order valence-electron chi connectivity index (χ2n) is 8.70. The number of para-hydroxylation sites is 1. The predicted octanol–water partition coefficient (Wildman–Crippen LogP) is 3.66. The lowest BCUT2D eigenvalue weighted by Crippen LogP contribution is -2.32. The molecule has 0 spiro atoms. The summed E-state index contributed by atoms with van der Waals surface area (Å²) in [6.07, 6.45) is 1.54. The number of nitrogens with one attached hydrogen (secondary N) is 1. The van der Waals surface area contributed by atoms with Gasteiger partial charge in [0.25, 0.3) is 5.91 Å². The maximum absolute atomic E-state index is 13.4. The molecule has 1 atom stereocenters. The van der Waals surface area contributed by atoms with Crippen molar-refractivity contribution in [3.8, 4) is 11.4 Å². The standard InChI is InChI=1S/C27H31N5O4/c1-5-30(6-2)27(35)21-16-28-32(20-10-8-7-9-11-20)25(21)29-26(34)19-15-24(33)31(17-19)22-14-18(3)12-13-23(22)36-4/h7-14,16,19H,5-6,15,17H2,1-4H3,(H,29,34). The number of aryl methyl sites for hydroxylation is 1. The molecule has 9 nitrogen and oxygen atoms in total. The number of methoxy groups -OCH3 is 1. The number of benzene rings is 2. The molecule has 1 fully saturated rings. The van der Waals surface area contributed by atoms with Crippen LogP contribution in [0, 0.1) is 12.8 Å². The van der Waals surface area contributed by atoms with Crippen molar-refractivity contribution >= 4 is 29.2 Å². The van der Waals surface area contributed by atoms with Crippen molar-refractivity contribution < 1.29 is 19.1 Å². The molecule has 0 saturated carbocycles. The summed E-state index contributed by atoms with van der Waals surface area (Å²) in [5, 5.41) is 7.33. The largest absolute Gasteiger partial charge is 0.495 e. The van der Waals surface area contributed by atoms with E-state index < -0.39 is 5.92 Å². The van der Waals surface area contributed by atoms with Gasteiger partial charge in [-0.3, -0.25) is 14.4 Å². The van der Waals surface area contributed by atoms with Crippen molar-refractivity contribution in [1.29, 1.82) is 0 Å². The maximum Gasteiger partial charge on any atom is 0.259 e. The van der Waals surface area contributed by atoms with E-state index in [2.05, 4.69) is 10.4 Å². The molecular weight excluding hydrogens is 458 g/mol. The summed E-state index contributed by atoms with van der Waals surface area (Å²) >= 11 is 0. The van der Waals surface area contributed by atoms with Crippen molar-refractivity contribution in [2.45, 2.75) is 27.2 Å². The van der Waals surface area contributed by atoms with E-state index in [1.165, 1.54) is 6.20 Å². The topological polar surface area (TPSA) is 96.8 Å². The van der Waals surface area contributed by atoms with Gasteiger partial charge in [0.05, 0.1) is 30.6 Å². The van der Waals surface area contributed by atoms with E-state index in [1.807, 2.05) is 69.3 Å². The molecule has 3 amide bonds. The van der Waals surface area contributed by atoms with Crippen LogP contribution in [0.15, 0.2) is 54.7 Å². The number of amides is 3. The Labute approximate surface area is 210 Å². The van der Waals surface area contributed by atoms with Gasteiger partial charge in [0.2, 0.25) is 11.8 Å². The van der Waals surface area contributed by atoms with Crippen LogP contribution in [0.5, 0.6) is 5.75 Å². The zero-order valence-corrected chi connectivity index (χ0v) is 21.0. The smallest absolute Gasteiger partial charge is 0.259 e. The summed E-state index contributed by atoms with van der Waals surface area (Å²) in [6.45, 7) is 7.02. The van der Waals surface area contributed by atoms with Gasteiger partial charge in [-0.05, 0) is 50.6 Å². The number of aromatic nitrogens is 2. The number of carbonyl (C=O) groups excluding carboxylic acids is 3. The minimum Gasteiger partial charge on any atom is -0.495 e. The zero-order chi connectivity index (χ0) is 25.8. The van der Waals surface area contributed by atoms with Gasteiger partial charge >= 0.3 is 0 Å². The molecule has 36 heavy (non-hydrogen) atoms. The molecule has 1 aromatic heterocycles. The van der Waals surface area contributed by atoms with E-state index in [-0.39, 0.29) is 30.7 Å². The second-order valence-corrected chi connectivity index (χ2v) is 8.70. The molecular formula is C27H31N5O4. The third-order valence-corrected chi connectivity index (χ3v) is 6.41. The molecule has 1 aliphatic rings. The van der Waals surface area contributed by atoms with Crippen molar-refractivity contribution in [2.24, 2.45) is 5.92 Å². The van der Waals surface area contributed by atoms with Crippen LogP contribution in [0.3, 0.4) is 0 Å². The van der Waals surface area contributed by atoms with Gasteiger partial charge in [-0.25, -0.2) is 4.68 Å². The van der Waals surface area contributed by atoms with Crippen molar-refractivity contribution in [1.82, 2.24) is 14.7 Å². The van der Waals surface area contributed by atoms with Crippen molar-refractivity contribution in [3.63, 3.8) is 0 Å². The number of hydrogen-bond acceptors (Lipinski definition) is 5. The summed E-state index contributed by atoms with van der Waals surface area (Å²) < 4.78 is 6.99. The molecule has 0 aliphatic carbocycles. The van der Waals surface area contributed by atoms with E-state index >= 15 is 0 Å². The minimum absolute atomic E-state index is 0.0573. The highest BCUT2D eigenvalue weighted by Crippen LogP contribution is 2.34. The lowest BCUT2D eigenvalue weighted by atomic mass is 10.1. The first kappa shape index (κ1) is 25.0. The van der Waals surface area contributed by atoms with Crippen LogP contribution in [0.2, 0.25) is 0 Å². The molecule has 188 valence electrons. The third-order valence-electron chi connectivity index (χ3n) is 6.41. The Kier molecular flexibility index (Phi) is 7.38. The number of nitrogens with zero attached hydrogens (tertiary/aromatic N) is 4. The zero-order valence-electron chi connectivity index (χ0n) is 21.0. The van der Waals surface area contributed by atoms with Crippen LogP contribution in [-0.2, 0) is 9.59 Å². The highest BCUT2D eigenvalue weighted by atomic mass is 16.5. The Morgan fingerprint density at radius 1 is 1.14 bits per heavy atom. The number of rotatable bonds is 8. The predicted molar refractivity (Wildman–Crippen MR) is 138 cm³/mol. The van der Waals surface area contributed by atoms with E-state index in [4.69, 9.17) is 4.74 Å². The molecule has 0 bridgehead atoms. The van der Waals surface area contributed by atoms with Crippen LogP contribution < -0.4 is 15.0 Å². The summed E-state index contributed by atoms with van der Waals surface area (Å²) in [7, 11) is 1.55. The summed E-state index contributed by atoms with van der Waals surface area (Å²) in [6, 6.07) is 14.9. The highest BCUT2D eigenvalue weighted by molar-refractivity contribution is 6.07. The second kappa shape index (κ2) is 10.6. The number of ether oxygens (including phenoxy) is 1. The fourth-order valence-corrected chi connectivity index (χ4v) is 4.42. The minimum atomic E-state index is -0.599. The normalized spacial score (nSPS) is 15.2. The summed E-state index contributed by atoms with van der Waals surface area (Å²) in [4.78, 5) is 42.8. The van der Waals surface area contributed by atoms with Crippen LogP contribution in [-0.4, -0.2) is 59.1 Å².